The molecule has 1 unspecified atom stereocenters. The molecule has 0 aliphatic carbocycles. The zero-order valence-electron chi connectivity index (χ0n) is 13.4. The van der Waals surface area contributed by atoms with E-state index < -0.39 is 0 Å². The van der Waals surface area contributed by atoms with E-state index >= 15 is 0 Å². The van der Waals surface area contributed by atoms with E-state index in [1.165, 1.54) is 0 Å². The third-order valence-electron chi connectivity index (χ3n) is 3.50. The van der Waals surface area contributed by atoms with Crippen LogP contribution in [0.2, 0.25) is 0 Å². The first kappa shape index (κ1) is 17.5. The monoisotopic (exact) mass is 294 g/mol. The van der Waals surface area contributed by atoms with Crippen LogP contribution in [0.25, 0.3) is 0 Å². The van der Waals surface area contributed by atoms with Gasteiger partial charge in [0.2, 0.25) is 0 Å². The van der Waals surface area contributed by atoms with Crippen LogP contribution in [0.5, 0.6) is 0 Å². The van der Waals surface area contributed by atoms with Crippen molar-refractivity contribution in [3.8, 4) is 0 Å². The van der Waals surface area contributed by atoms with Gasteiger partial charge in [0.05, 0.1) is 12.5 Å². The molecular weight excluding hydrogens is 267 g/mol. The van der Waals surface area contributed by atoms with Gasteiger partial charge in [-0.1, -0.05) is 19.1 Å². The summed E-state index contributed by atoms with van der Waals surface area (Å²) < 4.78 is 17.7. The number of aryl methyl sites for hydroxylation is 2. The predicted molar refractivity (Wildman–Crippen MR) is 85.7 cm³/mol. The summed E-state index contributed by atoms with van der Waals surface area (Å²) in [5.41, 5.74) is 0. The Morgan fingerprint density at radius 1 is 1.48 bits per heavy atom. The number of furan rings is 1. The Labute approximate surface area is 127 Å². The summed E-state index contributed by atoms with van der Waals surface area (Å²) in [6.07, 6.45) is 7.08. The number of hydrogen-bond acceptors (Lipinski definition) is 2. The Morgan fingerprint density at radius 2 is 2.24 bits per heavy atom. The summed E-state index contributed by atoms with van der Waals surface area (Å²) in [5, 5.41) is 7.95. The summed E-state index contributed by atoms with van der Waals surface area (Å²) in [4.78, 5) is 2.07. The average molecular weight is 294 g/mol. The zero-order valence-corrected chi connectivity index (χ0v) is 13.4. The van der Waals surface area contributed by atoms with Crippen molar-refractivity contribution in [2.45, 2.75) is 52.5 Å². The molecule has 1 atom stereocenters. The van der Waals surface area contributed by atoms with Crippen molar-refractivity contribution in [1.29, 1.82) is 5.41 Å². The maximum atomic E-state index is 12.2. The SMILES string of the molecule is CCC(/C=C/CCF)N(CCCc1ccc(C)o1)C(C)=N. The molecule has 0 spiro atoms. The molecular formula is C17H27FN2O. The van der Waals surface area contributed by atoms with Crippen LogP contribution in [-0.4, -0.2) is 30.0 Å². The fourth-order valence-corrected chi connectivity index (χ4v) is 2.40. The standard InChI is InChI=1S/C17H27FN2O/c1-4-16(8-5-6-12-18)20(15(3)19)13-7-9-17-11-10-14(2)21-17/h5,8,10-11,16,19H,4,6-7,9,12-13H2,1-3H3/b8-5+,19-15?. The fraction of sp³-hybridized carbons (Fsp3) is 0.588. The van der Waals surface area contributed by atoms with Gasteiger partial charge in [0, 0.05) is 19.0 Å². The molecule has 1 aromatic heterocycles. The van der Waals surface area contributed by atoms with Crippen molar-refractivity contribution in [2.75, 3.05) is 13.2 Å². The molecule has 0 saturated heterocycles. The molecule has 0 bridgehead atoms. The van der Waals surface area contributed by atoms with E-state index in [0.29, 0.717) is 12.3 Å². The molecule has 4 heteroatoms. The highest BCUT2D eigenvalue weighted by atomic mass is 19.1. The molecule has 0 saturated carbocycles. The largest absolute Gasteiger partial charge is 0.466 e. The van der Waals surface area contributed by atoms with E-state index in [4.69, 9.17) is 9.83 Å². The van der Waals surface area contributed by atoms with Crippen LogP contribution < -0.4 is 0 Å². The lowest BCUT2D eigenvalue weighted by molar-refractivity contribution is 0.335. The van der Waals surface area contributed by atoms with Gasteiger partial charge >= 0.3 is 0 Å². The van der Waals surface area contributed by atoms with Crippen molar-refractivity contribution in [3.05, 3.63) is 35.8 Å². The second-order valence-corrected chi connectivity index (χ2v) is 5.28. The molecule has 21 heavy (non-hydrogen) atoms. The van der Waals surface area contributed by atoms with Crippen molar-refractivity contribution in [3.63, 3.8) is 0 Å². The molecule has 1 N–H and O–H groups in total. The number of nitrogens with one attached hydrogen (secondary N) is 1. The Bertz CT molecular complexity index is 453. The van der Waals surface area contributed by atoms with Gasteiger partial charge < -0.3 is 9.32 Å². The van der Waals surface area contributed by atoms with Crippen molar-refractivity contribution < 1.29 is 8.81 Å². The summed E-state index contributed by atoms with van der Waals surface area (Å²) in [6, 6.07) is 4.16. The van der Waals surface area contributed by atoms with Gasteiger partial charge in [0.25, 0.3) is 0 Å². The first-order valence-corrected chi connectivity index (χ1v) is 7.68. The minimum Gasteiger partial charge on any atom is -0.466 e. The Kier molecular flexibility index (Phi) is 7.80. The van der Waals surface area contributed by atoms with E-state index in [2.05, 4.69) is 11.8 Å². The highest BCUT2D eigenvalue weighted by Crippen LogP contribution is 2.12. The maximum absolute atomic E-state index is 12.2. The number of hydrogen-bond donors (Lipinski definition) is 1. The quantitative estimate of drug-likeness (QED) is 0.413. The molecule has 118 valence electrons. The highest BCUT2D eigenvalue weighted by Gasteiger charge is 2.14. The van der Waals surface area contributed by atoms with Gasteiger partial charge in [-0.2, -0.15) is 0 Å². The molecule has 0 fully saturated rings. The summed E-state index contributed by atoms with van der Waals surface area (Å²) >= 11 is 0. The number of amidine groups is 1. The predicted octanol–water partition coefficient (Wildman–Crippen LogP) is 4.51. The first-order chi connectivity index (χ1) is 10.1. The van der Waals surface area contributed by atoms with E-state index in [9.17, 15) is 4.39 Å². The van der Waals surface area contributed by atoms with Gasteiger partial charge in [0.15, 0.2) is 0 Å². The van der Waals surface area contributed by atoms with Gasteiger partial charge in [-0.3, -0.25) is 9.80 Å². The molecule has 0 radical (unpaired) electrons. The number of rotatable bonds is 9. The van der Waals surface area contributed by atoms with Crippen LogP contribution in [0.1, 0.15) is 44.6 Å². The summed E-state index contributed by atoms with van der Waals surface area (Å²) in [7, 11) is 0. The topological polar surface area (TPSA) is 40.2 Å². The average Bonchev–Trinajstić information content (AvgIpc) is 2.86. The lowest BCUT2D eigenvalue weighted by Crippen LogP contribution is -2.38. The third-order valence-corrected chi connectivity index (χ3v) is 3.50. The Morgan fingerprint density at radius 3 is 2.76 bits per heavy atom. The molecule has 0 aliphatic heterocycles. The fourth-order valence-electron chi connectivity index (χ4n) is 2.40. The Hall–Kier alpha value is -1.58. The number of nitrogens with zero attached hydrogens (tertiary/aromatic N) is 1. The number of allylic oxidation sites excluding steroid dienone is 1. The zero-order chi connectivity index (χ0) is 15.7. The van der Waals surface area contributed by atoms with E-state index in [0.717, 1.165) is 37.3 Å². The normalized spacial score (nSPS) is 12.8. The minimum absolute atomic E-state index is 0.174. The van der Waals surface area contributed by atoms with Crippen molar-refractivity contribution in [2.24, 2.45) is 0 Å². The molecule has 0 aromatic carbocycles. The van der Waals surface area contributed by atoms with Crippen LogP contribution in [0.15, 0.2) is 28.7 Å². The third kappa shape index (κ3) is 6.15. The highest BCUT2D eigenvalue weighted by molar-refractivity contribution is 5.76. The smallest absolute Gasteiger partial charge is 0.104 e. The Balaban J connectivity index is 2.53. The molecule has 1 heterocycles. The summed E-state index contributed by atoms with van der Waals surface area (Å²) in [6.45, 7) is 6.33. The van der Waals surface area contributed by atoms with Crippen LogP contribution in [-0.2, 0) is 6.42 Å². The lowest BCUT2D eigenvalue weighted by Gasteiger charge is -2.30. The van der Waals surface area contributed by atoms with Crippen LogP contribution >= 0.6 is 0 Å². The molecule has 0 amide bonds. The molecule has 3 nitrogen and oxygen atoms in total. The number of alkyl halides is 1. The second-order valence-electron chi connectivity index (χ2n) is 5.28. The maximum Gasteiger partial charge on any atom is 0.104 e. The molecule has 1 aromatic rings. The summed E-state index contributed by atoms with van der Waals surface area (Å²) in [5.74, 6) is 2.49. The molecule has 1 rings (SSSR count). The molecule has 0 aliphatic rings. The van der Waals surface area contributed by atoms with E-state index in [1.807, 2.05) is 38.1 Å². The van der Waals surface area contributed by atoms with Gasteiger partial charge in [-0.15, -0.1) is 0 Å². The lowest BCUT2D eigenvalue weighted by atomic mass is 10.1. The van der Waals surface area contributed by atoms with Gasteiger partial charge in [-0.05, 0) is 45.2 Å². The van der Waals surface area contributed by atoms with E-state index in [-0.39, 0.29) is 12.7 Å². The number of halogens is 1. The van der Waals surface area contributed by atoms with Crippen LogP contribution in [0, 0.1) is 12.3 Å². The second kappa shape index (κ2) is 9.37. The van der Waals surface area contributed by atoms with E-state index in [1.54, 1.807) is 0 Å². The van der Waals surface area contributed by atoms with Gasteiger partial charge in [-0.25, -0.2) is 0 Å². The minimum atomic E-state index is -0.325. The van der Waals surface area contributed by atoms with Crippen molar-refractivity contribution >= 4 is 5.84 Å². The van der Waals surface area contributed by atoms with Crippen molar-refractivity contribution in [1.82, 2.24) is 4.90 Å². The first-order valence-electron chi connectivity index (χ1n) is 7.68. The van der Waals surface area contributed by atoms with Crippen LogP contribution in [0.4, 0.5) is 4.39 Å². The van der Waals surface area contributed by atoms with Crippen LogP contribution in [0.3, 0.4) is 0 Å². The van der Waals surface area contributed by atoms with Gasteiger partial charge in [0.1, 0.15) is 11.5 Å².